The molecule has 0 aromatic carbocycles. The zero-order valence-corrected chi connectivity index (χ0v) is 18.0. The van der Waals surface area contributed by atoms with Gasteiger partial charge in [0.05, 0.1) is 4.88 Å². The first kappa shape index (κ1) is 19.5. The largest absolute Gasteiger partial charge is 0.338 e. The number of likely N-dealkylation sites (tertiary alicyclic amines) is 2. The molecule has 2 aromatic heterocycles. The first-order chi connectivity index (χ1) is 13.5. The van der Waals surface area contributed by atoms with Crippen LogP contribution in [0.4, 0.5) is 0 Å². The lowest BCUT2D eigenvalue weighted by Crippen LogP contribution is -2.38. The summed E-state index contributed by atoms with van der Waals surface area (Å²) in [5.74, 6) is 1.61. The van der Waals surface area contributed by atoms with E-state index in [-0.39, 0.29) is 5.91 Å². The fourth-order valence-electron chi connectivity index (χ4n) is 4.25. The number of piperidine rings is 1. The maximum Gasteiger partial charge on any atom is 0.264 e. The van der Waals surface area contributed by atoms with Crippen molar-refractivity contribution in [1.29, 1.82) is 0 Å². The standard InChI is InChI=1S/C22H30N4OS/c1-15(2)25-10-6-17(7-11-25)21-23-13-18(14-24-21)19-12-16(3)20(28-19)22(27)26-8-4-5-9-26/h12-15,17H,4-11H2,1-3H3. The van der Waals surface area contributed by atoms with Gasteiger partial charge in [-0.3, -0.25) is 4.79 Å². The van der Waals surface area contributed by atoms with Crippen molar-refractivity contribution < 1.29 is 4.79 Å². The summed E-state index contributed by atoms with van der Waals surface area (Å²) in [7, 11) is 0. The lowest BCUT2D eigenvalue weighted by molar-refractivity contribution is 0.0797. The van der Waals surface area contributed by atoms with E-state index in [4.69, 9.17) is 9.97 Å². The van der Waals surface area contributed by atoms with Gasteiger partial charge in [-0.2, -0.15) is 0 Å². The fourth-order valence-corrected chi connectivity index (χ4v) is 5.37. The Hall–Kier alpha value is -1.79. The second kappa shape index (κ2) is 8.29. The van der Waals surface area contributed by atoms with Crippen LogP contribution in [0.5, 0.6) is 0 Å². The molecule has 0 unspecified atom stereocenters. The number of aromatic nitrogens is 2. The van der Waals surface area contributed by atoms with Gasteiger partial charge in [-0.15, -0.1) is 11.3 Å². The van der Waals surface area contributed by atoms with Crippen LogP contribution in [0.15, 0.2) is 18.5 Å². The van der Waals surface area contributed by atoms with Crippen molar-refractivity contribution in [1.82, 2.24) is 19.8 Å². The van der Waals surface area contributed by atoms with Gasteiger partial charge in [0.2, 0.25) is 0 Å². The Morgan fingerprint density at radius 2 is 1.75 bits per heavy atom. The van der Waals surface area contributed by atoms with Crippen LogP contribution in [0.3, 0.4) is 0 Å². The molecule has 4 rings (SSSR count). The van der Waals surface area contributed by atoms with Crippen LogP contribution in [-0.4, -0.2) is 57.9 Å². The first-order valence-electron chi connectivity index (χ1n) is 10.5. The van der Waals surface area contributed by atoms with E-state index in [9.17, 15) is 4.79 Å². The smallest absolute Gasteiger partial charge is 0.264 e. The summed E-state index contributed by atoms with van der Waals surface area (Å²) in [4.78, 5) is 28.6. The molecule has 2 aromatic rings. The Balaban J connectivity index is 1.46. The molecule has 5 nitrogen and oxygen atoms in total. The molecule has 0 bridgehead atoms. The minimum absolute atomic E-state index is 0.181. The van der Waals surface area contributed by atoms with Crippen LogP contribution < -0.4 is 0 Å². The van der Waals surface area contributed by atoms with Crippen LogP contribution in [-0.2, 0) is 0 Å². The van der Waals surface area contributed by atoms with Crippen molar-refractivity contribution in [3.8, 4) is 10.4 Å². The molecule has 28 heavy (non-hydrogen) atoms. The van der Waals surface area contributed by atoms with E-state index in [0.29, 0.717) is 12.0 Å². The molecule has 2 saturated heterocycles. The summed E-state index contributed by atoms with van der Waals surface area (Å²) in [5, 5.41) is 0. The minimum atomic E-state index is 0.181. The summed E-state index contributed by atoms with van der Waals surface area (Å²) in [6.07, 6.45) is 8.37. The number of thiophene rings is 1. The molecule has 0 aliphatic carbocycles. The van der Waals surface area contributed by atoms with Gasteiger partial charge in [-0.1, -0.05) is 0 Å². The van der Waals surface area contributed by atoms with Crippen LogP contribution >= 0.6 is 11.3 Å². The molecule has 2 aliphatic rings. The number of carbonyl (C=O) groups is 1. The number of rotatable bonds is 4. The Bertz CT molecular complexity index is 816. The van der Waals surface area contributed by atoms with Crippen molar-refractivity contribution in [2.75, 3.05) is 26.2 Å². The van der Waals surface area contributed by atoms with Gasteiger partial charge in [-0.25, -0.2) is 9.97 Å². The second-order valence-electron chi connectivity index (χ2n) is 8.36. The molecule has 0 radical (unpaired) electrons. The molecule has 2 aliphatic heterocycles. The maximum atomic E-state index is 12.7. The molecule has 1 amide bonds. The first-order valence-corrected chi connectivity index (χ1v) is 11.3. The Morgan fingerprint density at radius 3 is 2.36 bits per heavy atom. The Labute approximate surface area is 171 Å². The predicted molar refractivity (Wildman–Crippen MR) is 114 cm³/mol. The van der Waals surface area contributed by atoms with Gasteiger partial charge in [0.25, 0.3) is 5.91 Å². The van der Waals surface area contributed by atoms with Crippen molar-refractivity contribution >= 4 is 17.2 Å². The summed E-state index contributed by atoms with van der Waals surface area (Å²) in [5.41, 5.74) is 2.07. The third kappa shape index (κ3) is 3.98. The van der Waals surface area contributed by atoms with Gasteiger partial charge in [0.1, 0.15) is 5.82 Å². The van der Waals surface area contributed by atoms with Crippen LogP contribution in [0.25, 0.3) is 10.4 Å². The number of aryl methyl sites for hydroxylation is 1. The van der Waals surface area contributed by atoms with Crippen LogP contribution in [0, 0.1) is 6.92 Å². The molecular weight excluding hydrogens is 368 g/mol. The number of hydrogen-bond acceptors (Lipinski definition) is 5. The van der Waals surface area contributed by atoms with Crippen LogP contribution in [0.2, 0.25) is 0 Å². The van der Waals surface area contributed by atoms with E-state index < -0.39 is 0 Å². The monoisotopic (exact) mass is 398 g/mol. The minimum Gasteiger partial charge on any atom is -0.338 e. The van der Waals surface area contributed by atoms with Gasteiger partial charge in [-0.05, 0) is 71.2 Å². The Morgan fingerprint density at radius 1 is 1.11 bits per heavy atom. The summed E-state index contributed by atoms with van der Waals surface area (Å²) in [6, 6.07) is 2.72. The molecule has 4 heterocycles. The zero-order valence-electron chi connectivity index (χ0n) is 17.1. The second-order valence-corrected chi connectivity index (χ2v) is 9.41. The number of hydrogen-bond donors (Lipinski definition) is 0. The quantitative estimate of drug-likeness (QED) is 0.769. The normalized spacial score (nSPS) is 18.9. The molecule has 0 spiro atoms. The highest BCUT2D eigenvalue weighted by Gasteiger charge is 2.25. The Kier molecular flexibility index (Phi) is 5.78. The highest BCUT2D eigenvalue weighted by molar-refractivity contribution is 7.17. The van der Waals surface area contributed by atoms with E-state index in [1.807, 2.05) is 24.2 Å². The maximum absolute atomic E-state index is 12.7. The molecular formula is C22H30N4OS. The van der Waals surface area contributed by atoms with Gasteiger partial charge in [0, 0.05) is 47.9 Å². The highest BCUT2D eigenvalue weighted by Crippen LogP contribution is 2.33. The predicted octanol–water partition coefficient (Wildman–Crippen LogP) is 4.34. The van der Waals surface area contributed by atoms with Crippen LogP contribution in [0.1, 0.15) is 66.5 Å². The molecule has 6 heteroatoms. The van der Waals surface area contributed by atoms with E-state index in [1.165, 1.54) is 0 Å². The van der Waals surface area contributed by atoms with E-state index in [2.05, 4.69) is 24.8 Å². The number of amides is 1. The van der Waals surface area contributed by atoms with Crippen molar-refractivity contribution in [2.24, 2.45) is 0 Å². The molecule has 150 valence electrons. The fraction of sp³-hybridized carbons (Fsp3) is 0.591. The highest BCUT2D eigenvalue weighted by atomic mass is 32.1. The summed E-state index contributed by atoms with van der Waals surface area (Å²) in [6.45, 7) is 10.6. The van der Waals surface area contributed by atoms with Crippen molar-refractivity contribution in [2.45, 2.75) is 58.4 Å². The average Bonchev–Trinajstić information content (AvgIpc) is 3.38. The third-order valence-electron chi connectivity index (χ3n) is 6.09. The van der Waals surface area contributed by atoms with Gasteiger partial charge < -0.3 is 9.80 Å². The van der Waals surface area contributed by atoms with Gasteiger partial charge >= 0.3 is 0 Å². The lowest BCUT2D eigenvalue weighted by Gasteiger charge is -2.33. The zero-order chi connectivity index (χ0) is 19.7. The number of nitrogens with zero attached hydrogens (tertiary/aromatic N) is 4. The van der Waals surface area contributed by atoms with Crippen molar-refractivity contribution in [3.05, 3.63) is 34.7 Å². The summed E-state index contributed by atoms with van der Waals surface area (Å²) < 4.78 is 0. The van der Waals surface area contributed by atoms with E-state index in [0.717, 1.165) is 78.6 Å². The van der Waals surface area contributed by atoms with Gasteiger partial charge in [0.15, 0.2) is 0 Å². The topological polar surface area (TPSA) is 49.3 Å². The van der Waals surface area contributed by atoms with Crippen molar-refractivity contribution in [3.63, 3.8) is 0 Å². The van der Waals surface area contributed by atoms with E-state index >= 15 is 0 Å². The summed E-state index contributed by atoms with van der Waals surface area (Å²) >= 11 is 1.57. The molecule has 0 N–H and O–H groups in total. The third-order valence-corrected chi connectivity index (χ3v) is 7.36. The SMILES string of the molecule is Cc1cc(-c2cnc(C3CCN(C(C)C)CC3)nc2)sc1C(=O)N1CCCC1. The molecule has 0 atom stereocenters. The molecule has 2 fully saturated rings. The lowest BCUT2D eigenvalue weighted by atomic mass is 9.95. The van der Waals surface area contributed by atoms with E-state index in [1.54, 1.807) is 11.3 Å². The molecule has 0 saturated carbocycles. The number of carbonyl (C=O) groups excluding carboxylic acids is 1. The average molecular weight is 399 g/mol.